The number of piperidine rings is 1. The van der Waals surface area contributed by atoms with E-state index in [1.54, 1.807) is 0 Å². The average Bonchev–Trinajstić information content (AvgIpc) is 3.45. The molecule has 0 bridgehead atoms. The van der Waals surface area contributed by atoms with Crippen LogP contribution in [0.1, 0.15) is 44.1 Å². The molecule has 1 aromatic carbocycles. The lowest BCUT2D eigenvalue weighted by Gasteiger charge is -2.33. The van der Waals surface area contributed by atoms with Crippen LogP contribution < -0.4 is 10.6 Å². The summed E-state index contributed by atoms with van der Waals surface area (Å²) in [6.45, 7) is 4.29. The van der Waals surface area contributed by atoms with Crippen LogP contribution in [-0.2, 0) is 6.54 Å². The van der Waals surface area contributed by atoms with Gasteiger partial charge in [-0.2, -0.15) is 0 Å². The van der Waals surface area contributed by atoms with E-state index in [2.05, 4.69) is 32.7 Å². The number of aliphatic imine (C=N–C) groups is 1. The molecule has 1 saturated heterocycles. The Labute approximate surface area is 157 Å². The summed E-state index contributed by atoms with van der Waals surface area (Å²) in [4.78, 5) is 6.90. The van der Waals surface area contributed by atoms with Gasteiger partial charge in [0.15, 0.2) is 5.96 Å². The van der Waals surface area contributed by atoms with Gasteiger partial charge < -0.3 is 10.6 Å². The summed E-state index contributed by atoms with van der Waals surface area (Å²) < 4.78 is 0. The SMILES string of the molecule is CN=C(NCCCC1CC1)NC1CCN(Cc2ccc(Cl)cc2)CC1. The van der Waals surface area contributed by atoms with Crippen molar-refractivity contribution in [3.8, 4) is 0 Å². The molecule has 138 valence electrons. The van der Waals surface area contributed by atoms with Gasteiger partial charge in [-0.15, -0.1) is 0 Å². The summed E-state index contributed by atoms with van der Waals surface area (Å²) in [7, 11) is 1.87. The summed E-state index contributed by atoms with van der Waals surface area (Å²) in [6, 6.07) is 8.73. The Morgan fingerprint density at radius 1 is 1.16 bits per heavy atom. The highest BCUT2D eigenvalue weighted by molar-refractivity contribution is 6.30. The van der Waals surface area contributed by atoms with E-state index in [1.807, 2.05) is 19.2 Å². The average molecular weight is 363 g/mol. The summed E-state index contributed by atoms with van der Waals surface area (Å²) >= 11 is 5.96. The predicted molar refractivity (Wildman–Crippen MR) is 106 cm³/mol. The van der Waals surface area contributed by atoms with Crippen LogP contribution in [0.3, 0.4) is 0 Å². The lowest BCUT2D eigenvalue weighted by atomic mass is 10.0. The van der Waals surface area contributed by atoms with Gasteiger partial charge >= 0.3 is 0 Å². The molecule has 5 heteroatoms. The van der Waals surface area contributed by atoms with Crippen molar-refractivity contribution >= 4 is 17.6 Å². The molecule has 1 heterocycles. The minimum Gasteiger partial charge on any atom is -0.356 e. The molecule has 0 aromatic heterocycles. The van der Waals surface area contributed by atoms with Gasteiger partial charge in [0.1, 0.15) is 0 Å². The molecule has 0 atom stereocenters. The van der Waals surface area contributed by atoms with Crippen molar-refractivity contribution < 1.29 is 0 Å². The molecular formula is C20H31ClN4. The van der Waals surface area contributed by atoms with Gasteiger partial charge in [-0.25, -0.2) is 0 Å². The minimum atomic E-state index is 0.524. The zero-order valence-corrected chi connectivity index (χ0v) is 16.1. The molecule has 1 saturated carbocycles. The number of benzene rings is 1. The first kappa shape index (κ1) is 18.5. The molecule has 25 heavy (non-hydrogen) atoms. The van der Waals surface area contributed by atoms with Gasteiger partial charge in [0.05, 0.1) is 0 Å². The van der Waals surface area contributed by atoms with E-state index in [0.717, 1.165) is 55.9 Å². The van der Waals surface area contributed by atoms with E-state index >= 15 is 0 Å². The first-order valence-electron chi connectivity index (χ1n) is 9.67. The second-order valence-electron chi connectivity index (χ2n) is 7.41. The van der Waals surface area contributed by atoms with Crippen molar-refractivity contribution in [3.63, 3.8) is 0 Å². The molecule has 2 fully saturated rings. The van der Waals surface area contributed by atoms with Gasteiger partial charge in [0.25, 0.3) is 0 Å². The zero-order valence-electron chi connectivity index (χ0n) is 15.3. The van der Waals surface area contributed by atoms with E-state index in [9.17, 15) is 0 Å². The Hall–Kier alpha value is -1.26. The zero-order chi connectivity index (χ0) is 17.5. The number of hydrogen-bond acceptors (Lipinski definition) is 2. The maximum atomic E-state index is 5.96. The van der Waals surface area contributed by atoms with Crippen LogP contribution in [-0.4, -0.2) is 43.6 Å². The van der Waals surface area contributed by atoms with Crippen LogP contribution in [0.15, 0.2) is 29.3 Å². The van der Waals surface area contributed by atoms with Gasteiger partial charge in [-0.3, -0.25) is 9.89 Å². The maximum absolute atomic E-state index is 5.96. The summed E-state index contributed by atoms with van der Waals surface area (Å²) in [5.41, 5.74) is 1.34. The molecule has 4 nitrogen and oxygen atoms in total. The molecule has 2 N–H and O–H groups in total. The Kier molecular flexibility index (Phi) is 7.00. The number of halogens is 1. The van der Waals surface area contributed by atoms with Crippen LogP contribution in [0.25, 0.3) is 0 Å². The van der Waals surface area contributed by atoms with E-state index in [4.69, 9.17) is 11.6 Å². The summed E-state index contributed by atoms with van der Waals surface area (Å²) in [5.74, 6) is 1.98. The highest BCUT2D eigenvalue weighted by Gasteiger charge is 2.21. The summed E-state index contributed by atoms with van der Waals surface area (Å²) in [6.07, 6.45) is 7.84. The third kappa shape index (κ3) is 6.52. The first-order valence-corrected chi connectivity index (χ1v) is 10.0. The van der Waals surface area contributed by atoms with Gasteiger partial charge in [0, 0.05) is 44.3 Å². The maximum Gasteiger partial charge on any atom is 0.191 e. The van der Waals surface area contributed by atoms with Gasteiger partial charge in [-0.1, -0.05) is 36.6 Å². The first-order chi connectivity index (χ1) is 12.2. The van der Waals surface area contributed by atoms with Crippen molar-refractivity contribution in [2.24, 2.45) is 10.9 Å². The molecule has 1 aliphatic carbocycles. The van der Waals surface area contributed by atoms with E-state index in [-0.39, 0.29) is 0 Å². The highest BCUT2D eigenvalue weighted by atomic mass is 35.5. The number of likely N-dealkylation sites (tertiary alicyclic amines) is 1. The van der Waals surface area contributed by atoms with Gasteiger partial charge in [-0.05, 0) is 49.3 Å². The van der Waals surface area contributed by atoms with E-state index in [0.29, 0.717) is 6.04 Å². The number of rotatable bonds is 7. The standard InChI is InChI=1S/C20H31ClN4/c1-22-20(23-12-2-3-16-4-5-16)24-19-10-13-25(14-11-19)15-17-6-8-18(21)9-7-17/h6-9,16,19H,2-5,10-15H2,1H3,(H2,22,23,24). The normalized spacial score (nSPS) is 19.8. The lowest BCUT2D eigenvalue weighted by molar-refractivity contribution is 0.198. The number of guanidine groups is 1. The number of nitrogens with one attached hydrogen (secondary N) is 2. The number of nitrogens with zero attached hydrogens (tertiary/aromatic N) is 2. The smallest absolute Gasteiger partial charge is 0.191 e. The van der Waals surface area contributed by atoms with Crippen LogP contribution in [0.2, 0.25) is 5.02 Å². The Morgan fingerprint density at radius 3 is 2.52 bits per heavy atom. The summed E-state index contributed by atoms with van der Waals surface area (Å²) in [5, 5.41) is 7.87. The van der Waals surface area contributed by atoms with Crippen LogP contribution in [0.4, 0.5) is 0 Å². The van der Waals surface area contributed by atoms with E-state index in [1.165, 1.54) is 31.2 Å². The largest absolute Gasteiger partial charge is 0.356 e. The molecule has 1 aromatic rings. The fraction of sp³-hybridized carbons (Fsp3) is 0.650. The minimum absolute atomic E-state index is 0.524. The van der Waals surface area contributed by atoms with Crippen LogP contribution in [0.5, 0.6) is 0 Å². The Morgan fingerprint density at radius 2 is 1.88 bits per heavy atom. The molecule has 1 aliphatic heterocycles. The monoisotopic (exact) mass is 362 g/mol. The number of hydrogen-bond donors (Lipinski definition) is 2. The third-order valence-corrected chi connectivity index (χ3v) is 5.50. The van der Waals surface area contributed by atoms with Crippen molar-refractivity contribution in [1.29, 1.82) is 0 Å². The molecular weight excluding hydrogens is 332 g/mol. The molecule has 0 amide bonds. The Balaban J connectivity index is 1.33. The Bertz CT molecular complexity index is 545. The quantitative estimate of drug-likeness (QED) is 0.441. The molecule has 3 rings (SSSR count). The van der Waals surface area contributed by atoms with Crippen molar-refractivity contribution in [2.75, 3.05) is 26.7 Å². The van der Waals surface area contributed by atoms with Crippen molar-refractivity contribution in [3.05, 3.63) is 34.9 Å². The van der Waals surface area contributed by atoms with Crippen LogP contribution >= 0.6 is 11.6 Å². The van der Waals surface area contributed by atoms with Gasteiger partial charge in [0.2, 0.25) is 0 Å². The fourth-order valence-corrected chi connectivity index (χ4v) is 3.60. The predicted octanol–water partition coefficient (Wildman–Crippen LogP) is 3.66. The van der Waals surface area contributed by atoms with Crippen molar-refractivity contribution in [1.82, 2.24) is 15.5 Å². The molecule has 0 unspecified atom stereocenters. The molecule has 0 radical (unpaired) electrons. The third-order valence-electron chi connectivity index (χ3n) is 5.25. The fourth-order valence-electron chi connectivity index (χ4n) is 3.48. The van der Waals surface area contributed by atoms with E-state index < -0.39 is 0 Å². The van der Waals surface area contributed by atoms with Crippen LogP contribution in [0, 0.1) is 5.92 Å². The highest BCUT2D eigenvalue weighted by Crippen LogP contribution is 2.33. The second-order valence-corrected chi connectivity index (χ2v) is 7.84. The lowest BCUT2D eigenvalue weighted by Crippen LogP contribution is -2.48. The van der Waals surface area contributed by atoms with Crippen molar-refractivity contribution in [2.45, 2.75) is 51.1 Å². The molecule has 2 aliphatic rings. The second kappa shape index (κ2) is 9.44. The molecule has 0 spiro atoms. The topological polar surface area (TPSA) is 39.7 Å².